The number of alkyl halides is 1. The molecular weight excluding hydrogens is 220 g/mol. The maximum absolute atomic E-state index is 6.49. The van der Waals surface area contributed by atoms with Gasteiger partial charge in [0.05, 0.1) is 12.0 Å². The van der Waals surface area contributed by atoms with Crippen LogP contribution in [0.15, 0.2) is 18.2 Å². The van der Waals surface area contributed by atoms with E-state index < -0.39 is 0 Å². The molecule has 0 spiro atoms. The lowest BCUT2D eigenvalue weighted by molar-refractivity contribution is 0.333. The number of aryl methyl sites for hydroxylation is 1. The summed E-state index contributed by atoms with van der Waals surface area (Å²) in [5.41, 5.74) is 2.35. The number of hydrogen-bond acceptors (Lipinski definition) is 1. The summed E-state index contributed by atoms with van der Waals surface area (Å²) in [5, 5.41) is 0.0337. The fraction of sp³-hybridized carbons (Fsp3) is 0.571. The Kier molecular flexibility index (Phi) is 5.14. The Labute approximate surface area is 104 Å². The first-order valence-electron chi connectivity index (χ1n) is 5.97. The monoisotopic (exact) mass is 240 g/mol. The Hall–Kier alpha value is -0.690. The highest BCUT2D eigenvalue weighted by Crippen LogP contribution is 2.37. The number of rotatable bonds is 5. The van der Waals surface area contributed by atoms with Crippen LogP contribution in [-0.4, -0.2) is 6.61 Å². The average Bonchev–Trinajstić information content (AvgIpc) is 2.29. The summed E-state index contributed by atoms with van der Waals surface area (Å²) in [6.45, 7) is 9.10. The largest absolute Gasteiger partial charge is 0.494 e. The van der Waals surface area contributed by atoms with Crippen LogP contribution in [0.2, 0.25) is 0 Å². The van der Waals surface area contributed by atoms with E-state index in [-0.39, 0.29) is 5.38 Å². The van der Waals surface area contributed by atoms with E-state index in [4.69, 9.17) is 16.3 Å². The van der Waals surface area contributed by atoms with Crippen molar-refractivity contribution in [3.63, 3.8) is 0 Å². The predicted octanol–water partition coefficient (Wildman–Crippen LogP) is 4.72. The minimum absolute atomic E-state index is 0.0337. The van der Waals surface area contributed by atoms with Gasteiger partial charge in [0, 0.05) is 5.56 Å². The first kappa shape index (κ1) is 13.4. The van der Waals surface area contributed by atoms with Gasteiger partial charge < -0.3 is 4.74 Å². The first-order chi connectivity index (χ1) is 7.60. The van der Waals surface area contributed by atoms with Crippen LogP contribution in [0.5, 0.6) is 5.75 Å². The standard InChI is InChI=1S/C14H21ClO/c1-5-11(4)14(15)12-9-10(3)7-8-13(12)16-6-2/h7-9,11,14H,5-6H2,1-4H3. The lowest BCUT2D eigenvalue weighted by atomic mass is 9.96. The zero-order valence-electron chi connectivity index (χ0n) is 10.6. The highest BCUT2D eigenvalue weighted by molar-refractivity contribution is 6.21. The zero-order chi connectivity index (χ0) is 12.1. The molecule has 0 radical (unpaired) electrons. The molecular formula is C14H21ClO. The van der Waals surface area contributed by atoms with Gasteiger partial charge in [-0.15, -0.1) is 11.6 Å². The van der Waals surface area contributed by atoms with Gasteiger partial charge in [0.25, 0.3) is 0 Å². The van der Waals surface area contributed by atoms with Gasteiger partial charge in [0.15, 0.2) is 0 Å². The molecule has 0 fully saturated rings. The van der Waals surface area contributed by atoms with E-state index in [9.17, 15) is 0 Å². The van der Waals surface area contributed by atoms with Crippen molar-refractivity contribution in [2.75, 3.05) is 6.61 Å². The summed E-state index contributed by atoms with van der Waals surface area (Å²) in [6, 6.07) is 6.22. The molecule has 0 amide bonds. The molecule has 0 heterocycles. The molecule has 2 atom stereocenters. The normalized spacial score (nSPS) is 14.6. The molecule has 90 valence electrons. The van der Waals surface area contributed by atoms with Crippen LogP contribution in [0.1, 0.15) is 43.7 Å². The fourth-order valence-corrected chi connectivity index (χ4v) is 2.03. The van der Waals surface area contributed by atoms with Crippen molar-refractivity contribution >= 4 is 11.6 Å². The van der Waals surface area contributed by atoms with Gasteiger partial charge in [-0.2, -0.15) is 0 Å². The van der Waals surface area contributed by atoms with Gasteiger partial charge in [0.1, 0.15) is 5.75 Å². The van der Waals surface area contributed by atoms with E-state index in [0.29, 0.717) is 12.5 Å². The summed E-state index contributed by atoms with van der Waals surface area (Å²) >= 11 is 6.49. The Bertz CT molecular complexity index is 336. The SMILES string of the molecule is CCOc1ccc(C)cc1C(Cl)C(C)CC. The molecule has 0 aliphatic heterocycles. The van der Waals surface area contributed by atoms with Gasteiger partial charge in [0.2, 0.25) is 0 Å². The summed E-state index contributed by atoms with van der Waals surface area (Å²) in [7, 11) is 0. The van der Waals surface area contributed by atoms with Gasteiger partial charge in [-0.25, -0.2) is 0 Å². The molecule has 0 saturated carbocycles. The van der Waals surface area contributed by atoms with Crippen molar-refractivity contribution in [3.8, 4) is 5.75 Å². The molecule has 1 aromatic rings. The zero-order valence-corrected chi connectivity index (χ0v) is 11.3. The highest BCUT2D eigenvalue weighted by Gasteiger charge is 2.19. The average molecular weight is 241 g/mol. The minimum atomic E-state index is 0.0337. The third-order valence-electron chi connectivity index (χ3n) is 2.91. The van der Waals surface area contributed by atoms with Crippen molar-refractivity contribution in [2.24, 2.45) is 5.92 Å². The summed E-state index contributed by atoms with van der Waals surface area (Å²) < 4.78 is 5.62. The maximum atomic E-state index is 6.49. The summed E-state index contributed by atoms with van der Waals surface area (Å²) in [4.78, 5) is 0. The lowest BCUT2D eigenvalue weighted by Gasteiger charge is -2.20. The molecule has 16 heavy (non-hydrogen) atoms. The van der Waals surface area contributed by atoms with Crippen molar-refractivity contribution in [1.29, 1.82) is 0 Å². The van der Waals surface area contributed by atoms with E-state index in [0.717, 1.165) is 17.7 Å². The first-order valence-corrected chi connectivity index (χ1v) is 6.41. The van der Waals surface area contributed by atoms with Crippen molar-refractivity contribution in [3.05, 3.63) is 29.3 Å². The van der Waals surface area contributed by atoms with E-state index in [2.05, 4.69) is 32.9 Å². The highest BCUT2D eigenvalue weighted by atomic mass is 35.5. The number of hydrogen-bond donors (Lipinski definition) is 0. The van der Waals surface area contributed by atoms with Gasteiger partial charge in [-0.3, -0.25) is 0 Å². The predicted molar refractivity (Wildman–Crippen MR) is 70.4 cm³/mol. The molecule has 1 rings (SSSR count). The Morgan fingerprint density at radius 1 is 1.31 bits per heavy atom. The van der Waals surface area contributed by atoms with Gasteiger partial charge in [-0.05, 0) is 25.8 Å². The molecule has 1 nitrogen and oxygen atoms in total. The third kappa shape index (κ3) is 3.15. The lowest BCUT2D eigenvalue weighted by Crippen LogP contribution is -2.06. The Morgan fingerprint density at radius 2 is 2.00 bits per heavy atom. The van der Waals surface area contributed by atoms with Crippen molar-refractivity contribution < 1.29 is 4.74 Å². The van der Waals surface area contributed by atoms with Crippen LogP contribution in [0, 0.1) is 12.8 Å². The van der Waals surface area contributed by atoms with Gasteiger partial charge in [-0.1, -0.05) is 38.0 Å². The molecule has 0 saturated heterocycles. The Balaban J connectivity index is 3.03. The number of halogens is 1. The van der Waals surface area contributed by atoms with Crippen molar-refractivity contribution in [2.45, 2.75) is 39.5 Å². The number of ether oxygens (including phenoxy) is 1. The minimum Gasteiger partial charge on any atom is -0.494 e. The molecule has 0 aliphatic rings. The van der Waals surface area contributed by atoms with E-state index in [1.165, 1.54) is 5.56 Å². The molecule has 2 unspecified atom stereocenters. The van der Waals surface area contributed by atoms with Gasteiger partial charge >= 0.3 is 0 Å². The van der Waals surface area contributed by atoms with E-state index >= 15 is 0 Å². The van der Waals surface area contributed by atoms with Crippen LogP contribution < -0.4 is 4.74 Å². The third-order valence-corrected chi connectivity index (χ3v) is 3.57. The van der Waals surface area contributed by atoms with Crippen LogP contribution in [0.3, 0.4) is 0 Å². The summed E-state index contributed by atoms with van der Waals surface area (Å²) in [5.74, 6) is 1.39. The molecule has 0 aromatic heterocycles. The molecule has 0 bridgehead atoms. The quantitative estimate of drug-likeness (QED) is 0.677. The number of benzene rings is 1. The summed E-state index contributed by atoms with van der Waals surface area (Å²) in [6.07, 6.45) is 1.08. The Morgan fingerprint density at radius 3 is 2.56 bits per heavy atom. The molecule has 0 N–H and O–H groups in total. The van der Waals surface area contributed by atoms with E-state index in [1.807, 2.05) is 13.0 Å². The maximum Gasteiger partial charge on any atom is 0.123 e. The second kappa shape index (κ2) is 6.15. The van der Waals surface area contributed by atoms with Crippen LogP contribution in [0.25, 0.3) is 0 Å². The smallest absolute Gasteiger partial charge is 0.123 e. The molecule has 2 heteroatoms. The van der Waals surface area contributed by atoms with Crippen LogP contribution in [0.4, 0.5) is 0 Å². The molecule has 0 aliphatic carbocycles. The van der Waals surface area contributed by atoms with E-state index in [1.54, 1.807) is 0 Å². The van der Waals surface area contributed by atoms with Crippen LogP contribution >= 0.6 is 11.6 Å². The second-order valence-corrected chi connectivity index (χ2v) is 4.73. The second-order valence-electron chi connectivity index (χ2n) is 4.26. The topological polar surface area (TPSA) is 9.23 Å². The van der Waals surface area contributed by atoms with Crippen LogP contribution in [-0.2, 0) is 0 Å². The molecule has 1 aromatic carbocycles. The fourth-order valence-electron chi connectivity index (χ4n) is 1.68. The van der Waals surface area contributed by atoms with Crippen molar-refractivity contribution in [1.82, 2.24) is 0 Å².